The van der Waals surface area contributed by atoms with Crippen LogP contribution in [0.25, 0.3) is 0 Å². The molecule has 0 aliphatic carbocycles. The minimum atomic E-state index is -1.11. The average Bonchev–Trinajstić information content (AvgIpc) is 2.55. The van der Waals surface area contributed by atoms with E-state index in [0.29, 0.717) is 6.54 Å². The predicted molar refractivity (Wildman–Crippen MR) is 139 cm³/mol. The van der Waals surface area contributed by atoms with Crippen LogP contribution in [-0.4, -0.2) is 60.6 Å². The lowest BCUT2D eigenvalue weighted by Gasteiger charge is -2.34. The van der Waals surface area contributed by atoms with Gasteiger partial charge in [0.1, 0.15) is 0 Å². The van der Waals surface area contributed by atoms with Gasteiger partial charge in [-0.1, -0.05) is 13.8 Å². The lowest BCUT2D eigenvalue weighted by molar-refractivity contribution is 0.225. The van der Waals surface area contributed by atoms with Crippen molar-refractivity contribution in [1.82, 2.24) is 16.0 Å². The first-order valence-electron chi connectivity index (χ1n) is 11.9. The maximum atomic E-state index is 12.2. The van der Waals surface area contributed by atoms with E-state index in [1.807, 2.05) is 27.7 Å². The van der Waals surface area contributed by atoms with Gasteiger partial charge < -0.3 is 25.9 Å². The van der Waals surface area contributed by atoms with Crippen LogP contribution in [-0.2, 0) is 4.18 Å². The van der Waals surface area contributed by atoms with Crippen molar-refractivity contribution in [2.75, 3.05) is 38.0 Å². The van der Waals surface area contributed by atoms with Crippen LogP contribution in [0, 0.1) is 5.92 Å². The third-order valence-corrected chi connectivity index (χ3v) is 7.48. The number of rotatable bonds is 16. The minimum absolute atomic E-state index is 0.0932. The van der Waals surface area contributed by atoms with Gasteiger partial charge in [0.05, 0.1) is 6.61 Å². The molecular weight excluding hydrogens is 408 g/mol. The first-order chi connectivity index (χ1) is 13.9. The zero-order valence-corrected chi connectivity index (χ0v) is 23.1. The summed E-state index contributed by atoms with van der Waals surface area (Å²) in [5, 5.41) is 9.70. The zero-order chi connectivity index (χ0) is 24.3. The van der Waals surface area contributed by atoms with Crippen molar-refractivity contribution in [3.8, 4) is 0 Å². The fourth-order valence-corrected chi connectivity index (χ4v) is 4.53. The summed E-state index contributed by atoms with van der Waals surface area (Å²) in [5.41, 5.74) is 5.66. The molecule has 0 aromatic heterocycles. The SMILES string of the molecule is CC(C)CCNC(C)(C)CCOS(C)(C)CCCNC(=O)NC(C)(C)CCC(C)(C)N. The first kappa shape index (κ1) is 30.5. The molecule has 6 nitrogen and oxygen atoms in total. The number of nitrogens with one attached hydrogen (secondary N) is 3. The van der Waals surface area contributed by atoms with Crippen LogP contribution in [0.4, 0.5) is 4.79 Å². The average molecular weight is 463 g/mol. The Labute approximate surface area is 195 Å². The van der Waals surface area contributed by atoms with Crippen molar-refractivity contribution in [2.45, 2.75) is 104 Å². The minimum Gasteiger partial charge on any atom is -0.338 e. The molecule has 0 radical (unpaired) electrons. The summed E-state index contributed by atoms with van der Waals surface area (Å²) in [4.78, 5) is 12.2. The number of carbonyl (C=O) groups excluding carboxylic acids is 1. The monoisotopic (exact) mass is 462 g/mol. The third-order valence-electron chi connectivity index (χ3n) is 5.40. The van der Waals surface area contributed by atoms with Crippen molar-refractivity contribution in [3.05, 3.63) is 0 Å². The summed E-state index contributed by atoms with van der Waals surface area (Å²) in [6, 6.07) is -0.109. The molecule has 0 aliphatic rings. The van der Waals surface area contributed by atoms with Crippen LogP contribution in [0.3, 0.4) is 0 Å². The summed E-state index contributed by atoms with van der Waals surface area (Å²) < 4.78 is 6.25. The molecule has 0 aromatic rings. The smallest absolute Gasteiger partial charge is 0.315 e. The van der Waals surface area contributed by atoms with Crippen molar-refractivity contribution in [1.29, 1.82) is 0 Å². The Balaban J connectivity index is 4.09. The lowest BCUT2D eigenvalue weighted by atomic mass is 9.90. The van der Waals surface area contributed by atoms with Crippen molar-refractivity contribution >= 4 is 16.3 Å². The van der Waals surface area contributed by atoms with Gasteiger partial charge in [-0.3, -0.25) is 0 Å². The highest BCUT2D eigenvalue weighted by molar-refractivity contribution is 8.28. The Morgan fingerprint density at radius 1 is 0.968 bits per heavy atom. The second-order valence-corrected chi connectivity index (χ2v) is 15.3. The number of hydrogen-bond acceptors (Lipinski definition) is 4. The number of amides is 2. The van der Waals surface area contributed by atoms with Gasteiger partial charge >= 0.3 is 6.03 Å². The van der Waals surface area contributed by atoms with Gasteiger partial charge in [0.2, 0.25) is 0 Å². The molecule has 0 spiro atoms. The molecule has 31 heavy (non-hydrogen) atoms. The third kappa shape index (κ3) is 18.7. The molecule has 5 N–H and O–H groups in total. The Hall–Kier alpha value is -0.500. The highest BCUT2D eigenvalue weighted by Crippen LogP contribution is 2.41. The predicted octanol–water partition coefficient (Wildman–Crippen LogP) is 4.77. The van der Waals surface area contributed by atoms with Gasteiger partial charge in [-0.05, 0) is 98.6 Å². The summed E-state index contributed by atoms with van der Waals surface area (Å²) in [5.74, 6) is 1.71. The fourth-order valence-electron chi connectivity index (χ4n) is 3.04. The van der Waals surface area contributed by atoms with E-state index in [-0.39, 0.29) is 22.6 Å². The van der Waals surface area contributed by atoms with Crippen LogP contribution in [0.2, 0.25) is 0 Å². The molecule has 2 amide bonds. The molecule has 0 atom stereocenters. The van der Waals surface area contributed by atoms with E-state index in [4.69, 9.17) is 9.92 Å². The van der Waals surface area contributed by atoms with E-state index in [1.54, 1.807) is 0 Å². The van der Waals surface area contributed by atoms with Gasteiger partial charge in [-0.25, -0.2) is 4.79 Å². The lowest BCUT2D eigenvalue weighted by Crippen LogP contribution is -2.49. The summed E-state index contributed by atoms with van der Waals surface area (Å²) in [6.45, 7) is 19.6. The quantitative estimate of drug-likeness (QED) is 0.249. The van der Waals surface area contributed by atoms with Crippen molar-refractivity contribution in [3.63, 3.8) is 0 Å². The maximum Gasteiger partial charge on any atom is 0.315 e. The van der Waals surface area contributed by atoms with Gasteiger partial charge in [0, 0.05) is 28.9 Å². The van der Waals surface area contributed by atoms with E-state index in [0.717, 1.165) is 50.5 Å². The molecule has 7 heteroatoms. The van der Waals surface area contributed by atoms with E-state index in [1.165, 1.54) is 6.42 Å². The fraction of sp³-hybridized carbons (Fsp3) is 0.958. The summed E-state index contributed by atoms with van der Waals surface area (Å²) >= 11 is 0. The van der Waals surface area contributed by atoms with E-state index < -0.39 is 10.3 Å². The second-order valence-electron chi connectivity index (χ2n) is 11.8. The Morgan fingerprint density at radius 2 is 1.58 bits per heavy atom. The first-order valence-corrected chi connectivity index (χ1v) is 14.4. The highest BCUT2D eigenvalue weighted by atomic mass is 32.3. The van der Waals surface area contributed by atoms with Crippen molar-refractivity contribution in [2.24, 2.45) is 11.7 Å². The molecule has 0 aromatic carbocycles. The van der Waals surface area contributed by atoms with Gasteiger partial charge in [0.25, 0.3) is 0 Å². The van der Waals surface area contributed by atoms with Crippen LogP contribution in [0.1, 0.15) is 87.5 Å². The summed E-state index contributed by atoms with van der Waals surface area (Å²) in [7, 11) is -1.11. The molecule has 0 heterocycles. The van der Waals surface area contributed by atoms with Crippen LogP contribution in [0.15, 0.2) is 0 Å². The molecular formula is C24H54N4O2S. The van der Waals surface area contributed by atoms with E-state index in [9.17, 15) is 4.79 Å². The zero-order valence-electron chi connectivity index (χ0n) is 22.2. The molecule has 0 saturated heterocycles. The standard InChI is InChI=1S/C24H54N4O2S/c1-20(2)12-17-27-23(5,6)15-18-30-31(9,10)19-11-16-26-21(29)28-24(7,8)14-13-22(3,4)25/h20,27H,11-19,25H2,1-10H3,(H2,26,28,29). The van der Waals surface area contributed by atoms with Gasteiger partial charge in [-0.15, -0.1) is 10.3 Å². The molecule has 0 rings (SSSR count). The molecule has 0 saturated carbocycles. The molecule has 0 fully saturated rings. The van der Waals surface area contributed by atoms with Gasteiger partial charge in [-0.2, -0.15) is 0 Å². The molecule has 0 aliphatic heterocycles. The normalized spacial score (nSPS) is 14.1. The van der Waals surface area contributed by atoms with Crippen molar-refractivity contribution < 1.29 is 8.98 Å². The number of hydrogen-bond donors (Lipinski definition) is 4. The Bertz CT molecular complexity index is 514. The van der Waals surface area contributed by atoms with Crippen LogP contribution >= 0.6 is 10.3 Å². The Morgan fingerprint density at radius 3 is 2.13 bits per heavy atom. The molecule has 188 valence electrons. The van der Waals surface area contributed by atoms with E-state index in [2.05, 4.69) is 56.2 Å². The maximum absolute atomic E-state index is 12.2. The number of nitrogens with two attached hydrogens (primary N) is 1. The number of carbonyl (C=O) groups is 1. The summed E-state index contributed by atoms with van der Waals surface area (Å²) in [6.07, 6.45) is 9.24. The largest absolute Gasteiger partial charge is 0.338 e. The van der Waals surface area contributed by atoms with E-state index >= 15 is 0 Å². The second kappa shape index (κ2) is 13.3. The molecule has 0 bridgehead atoms. The molecule has 0 unspecified atom stereocenters. The van der Waals surface area contributed by atoms with Gasteiger partial charge in [0.15, 0.2) is 0 Å². The van der Waals surface area contributed by atoms with Crippen LogP contribution < -0.4 is 21.7 Å². The highest BCUT2D eigenvalue weighted by Gasteiger charge is 2.24. The van der Waals surface area contributed by atoms with Crippen LogP contribution in [0.5, 0.6) is 0 Å². The topological polar surface area (TPSA) is 88.4 Å². The Kier molecular flexibility index (Phi) is 13.1. The number of urea groups is 1.